The van der Waals surface area contributed by atoms with Gasteiger partial charge in [-0.3, -0.25) is 4.99 Å². The molecule has 2 aromatic rings. The lowest BCUT2D eigenvalue weighted by Crippen LogP contribution is -2.49. The quantitative estimate of drug-likeness (QED) is 0.592. The number of piperidine rings is 1. The zero-order valence-electron chi connectivity index (χ0n) is 16.6. The number of aliphatic imine (C=N–C) groups is 1. The minimum Gasteiger partial charge on any atom is -0.378 e. The number of benzene rings is 1. The van der Waals surface area contributed by atoms with E-state index in [-0.39, 0.29) is 0 Å². The maximum absolute atomic E-state index is 4.40. The highest BCUT2D eigenvalue weighted by Crippen LogP contribution is 2.24. The fraction of sp³-hybridized carbons (Fsp3) is 0.476. The van der Waals surface area contributed by atoms with Crippen molar-refractivity contribution in [3.63, 3.8) is 0 Å². The minimum atomic E-state index is 0.492. The standard InChI is InChI=1S/C21H31N5S/c1-22-21(23-13-10-17-6-8-19(9-7-17)25(2)3)24-18-11-14-26(15-12-18)20-5-4-16-27-20/h4-9,16,18H,10-15H2,1-3H3,(H2,22,23,24). The Bertz CT molecular complexity index is 701. The molecule has 0 aliphatic carbocycles. The van der Waals surface area contributed by atoms with Crippen molar-refractivity contribution in [2.75, 3.05) is 50.6 Å². The Morgan fingerprint density at radius 3 is 2.52 bits per heavy atom. The van der Waals surface area contributed by atoms with Crippen molar-refractivity contribution in [1.82, 2.24) is 10.6 Å². The number of nitrogens with zero attached hydrogens (tertiary/aromatic N) is 3. The topological polar surface area (TPSA) is 42.9 Å². The SMILES string of the molecule is CN=C(NCCc1ccc(N(C)C)cc1)NC1CCN(c2cccs2)CC1. The van der Waals surface area contributed by atoms with Crippen molar-refractivity contribution < 1.29 is 0 Å². The van der Waals surface area contributed by atoms with Crippen molar-refractivity contribution in [3.05, 3.63) is 47.3 Å². The highest BCUT2D eigenvalue weighted by molar-refractivity contribution is 7.14. The number of rotatable bonds is 6. The van der Waals surface area contributed by atoms with E-state index in [0.717, 1.165) is 44.9 Å². The van der Waals surface area contributed by atoms with Crippen molar-refractivity contribution in [3.8, 4) is 0 Å². The largest absolute Gasteiger partial charge is 0.378 e. The van der Waals surface area contributed by atoms with Gasteiger partial charge in [-0.1, -0.05) is 12.1 Å². The molecule has 1 aliphatic heterocycles. The van der Waals surface area contributed by atoms with Gasteiger partial charge in [0.25, 0.3) is 0 Å². The van der Waals surface area contributed by atoms with Crippen LogP contribution in [0.15, 0.2) is 46.8 Å². The third kappa shape index (κ3) is 5.63. The number of hydrogen-bond acceptors (Lipinski definition) is 4. The van der Waals surface area contributed by atoms with E-state index < -0.39 is 0 Å². The first-order valence-corrected chi connectivity index (χ1v) is 10.6. The number of thiophene rings is 1. The summed E-state index contributed by atoms with van der Waals surface area (Å²) < 4.78 is 0. The average molecular weight is 386 g/mol. The third-order valence-corrected chi connectivity index (χ3v) is 5.97. The summed E-state index contributed by atoms with van der Waals surface area (Å²) in [4.78, 5) is 9.00. The first kappa shape index (κ1) is 19.5. The Balaban J connectivity index is 1.39. The van der Waals surface area contributed by atoms with Crippen LogP contribution in [0.25, 0.3) is 0 Å². The molecule has 1 aliphatic rings. The minimum absolute atomic E-state index is 0.492. The molecule has 0 atom stereocenters. The lowest BCUT2D eigenvalue weighted by atomic mass is 10.1. The lowest BCUT2D eigenvalue weighted by Gasteiger charge is -2.33. The second-order valence-electron chi connectivity index (χ2n) is 7.17. The number of guanidine groups is 1. The van der Waals surface area contributed by atoms with Crippen LogP contribution in [0.3, 0.4) is 0 Å². The molecule has 0 saturated carbocycles. The number of nitrogens with one attached hydrogen (secondary N) is 2. The van der Waals surface area contributed by atoms with Crippen LogP contribution < -0.4 is 20.4 Å². The second kappa shape index (κ2) is 9.65. The van der Waals surface area contributed by atoms with Gasteiger partial charge in [0.15, 0.2) is 5.96 Å². The van der Waals surface area contributed by atoms with Gasteiger partial charge in [0, 0.05) is 52.5 Å². The van der Waals surface area contributed by atoms with E-state index in [4.69, 9.17) is 0 Å². The van der Waals surface area contributed by atoms with Crippen LogP contribution in [0.2, 0.25) is 0 Å². The summed E-state index contributed by atoms with van der Waals surface area (Å²) in [6.07, 6.45) is 3.28. The van der Waals surface area contributed by atoms with E-state index in [1.54, 1.807) is 0 Å². The normalized spacial score (nSPS) is 15.7. The molecule has 2 N–H and O–H groups in total. The molecule has 6 heteroatoms. The molecule has 1 saturated heterocycles. The van der Waals surface area contributed by atoms with Gasteiger partial charge in [0.2, 0.25) is 0 Å². The summed E-state index contributed by atoms with van der Waals surface area (Å²) in [5.74, 6) is 0.912. The van der Waals surface area contributed by atoms with Gasteiger partial charge < -0.3 is 20.4 Å². The predicted molar refractivity (Wildman–Crippen MR) is 119 cm³/mol. The van der Waals surface area contributed by atoms with Crippen LogP contribution in [0.5, 0.6) is 0 Å². The van der Waals surface area contributed by atoms with Crippen molar-refractivity contribution >= 4 is 28.0 Å². The highest BCUT2D eigenvalue weighted by Gasteiger charge is 2.20. The fourth-order valence-electron chi connectivity index (χ4n) is 3.37. The molecular weight excluding hydrogens is 354 g/mol. The van der Waals surface area contributed by atoms with Crippen molar-refractivity contribution in [2.24, 2.45) is 4.99 Å². The molecule has 1 aromatic carbocycles. The van der Waals surface area contributed by atoms with Crippen LogP contribution in [0.1, 0.15) is 18.4 Å². The Kier molecular flexibility index (Phi) is 6.98. The van der Waals surface area contributed by atoms with Gasteiger partial charge >= 0.3 is 0 Å². The summed E-state index contributed by atoms with van der Waals surface area (Å²) in [6.45, 7) is 3.09. The van der Waals surface area contributed by atoms with Crippen LogP contribution >= 0.6 is 11.3 Å². The van der Waals surface area contributed by atoms with Crippen LogP contribution in [0.4, 0.5) is 10.7 Å². The van der Waals surface area contributed by atoms with E-state index in [1.807, 2.05) is 18.4 Å². The average Bonchev–Trinajstić information content (AvgIpc) is 3.23. The Hall–Kier alpha value is -2.21. The molecule has 146 valence electrons. The second-order valence-corrected chi connectivity index (χ2v) is 8.09. The molecule has 1 fully saturated rings. The summed E-state index contributed by atoms with van der Waals surface area (Å²) in [5, 5.41) is 10.6. The zero-order valence-corrected chi connectivity index (χ0v) is 17.4. The Morgan fingerprint density at radius 1 is 1.19 bits per heavy atom. The molecule has 0 bridgehead atoms. The predicted octanol–water partition coefficient (Wildman–Crippen LogP) is 3.19. The monoisotopic (exact) mass is 385 g/mol. The molecule has 2 heterocycles. The molecular formula is C21H31N5S. The summed E-state index contributed by atoms with van der Waals surface area (Å²) in [7, 11) is 5.98. The Labute approximate surface area is 167 Å². The van der Waals surface area contributed by atoms with Gasteiger partial charge in [0.1, 0.15) is 0 Å². The molecule has 0 unspecified atom stereocenters. The smallest absolute Gasteiger partial charge is 0.191 e. The molecule has 3 rings (SSSR count). The first-order chi connectivity index (χ1) is 13.2. The van der Waals surface area contributed by atoms with E-state index in [1.165, 1.54) is 16.3 Å². The van der Waals surface area contributed by atoms with Gasteiger partial charge in [0.05, 0.1) is 5.00 Å². The fourth-order valence-corrected chi connectivity index (χ4v) is 4.15. The summed E-state index contributed by atoms with van der Waals surface area (Å²) in [6, 6.07) is 13.6. The van der Waals surface area contributed by atoms with E-state index >= 15 is 0 Å². The molecule has 0 spiro atoms. The maximum atomic E-state index is 4.40. The van der Waals surface area contributed by atoms with Gasteiger partial charge in [-0.25, -0.2) is 0 Å². The molecule has 5 nitrogen and oxygen atoms in total. The van der Waals surface area contributed by atoms with E-state index in [0.29, 0.717) is 6.04 Å². The molecule has 0 radical (unpaired) electrons. The Morgan fingerprint density at radius 2 is 1.93 bits per heavy atom. The van der Waals surface area contributed by atoms with Crippen LogP contribution in [-0.4, -0.2) is 52.8 Å². The number of hydrogen-bond donors (Lipinski definition) is 2. The van der Waals surface area contributed by atoms with Gasteiger partial charge in [-0.15, -0.1) is 11.3 Å². The van der Waals surface area contributed by atoms with Gasteiger partial charge in [-0.2, -0.15) is 0 Å². The molecule has 1 aromatic heterocycles. The lowest BCUT2D eigenvalue weighted by molar-refractivity contribution is 0.463. The third-order valence-electron chi connectivity index (χ3n) is 5.04. The van der Waals surface area contributed by atoms with Crippen molar-refractivity contribution in [1.29, 1.82) is 0 Å². The van der Waals surface area contributed by atoms with Crippen LogP contribution in [-0.2, 0) is 6.42 Å². The highest BCUT2D eigenvalue weighted by atomic mass is 32.1. The first-order valence-electron chi connectivity index (χ1n) is 9.67. The molecule has 27 heavy (non-hydrogen) atoms. The van der Waals surface area contributed by atoms with E-state index in [9.17, 15) is 0 Å². The van der Waals surface area contributed by atoms with E-state index in [2.05, 4.69) is 81.3 Å². The summed E-state index contributed by atoms with van der Waals surface area (Å²) >= 11 is 1.83. The molecule has 0 amide bonds. The number of anilines is 2. The van der Waals surface area contributed by atoms with Crippen LogP contribution in [0, 0.1) is 0 Å². The zero-order chi connectivity index (χ0) is 19.1. The summed E-state index contributed by atoms with van der Waals surface area (Å²) in [5.41, 5.74) is 2.57. The maximum Gasteiger partial charge on any atom is 0.191 e. The van der Waals surface area contributed by atoms with Crippen molar-refractivity contribution in [2.45, 2.75) is 25.3 Å². The van der Waals surface area contributed by atoms with Gasteiger partial charge in [-0.05, 0) is 54.5 Å².